The molecule has 1 aromatic heterocycles. The van der Waals surface area contributed by atoms with Crippen LogP contribution in [0.25, 0.3) is 0 Å². The fourth-order valence-electron chi connectivity index (χ4n) is 0.890. The molecule has 74 valence electrons. The van der Waals surface area contributed by atoms with Gasteiger partial charge in [0.05, 0.1) is 0 Å². The van der Waals surface area contributed by atoms with Crippen LogP contribution in [-0.2, 0) is 0 Å². The van der Waals surface area contributed by atoms with Gasteiger partial charge in [0.1, 0.15) is 6.33 Å². The van der Waals surface area contributed by atoms with Gasteiger partial charge in [0.2, 0.25) is 0 Å². The number of nitrogens with zero attached hydrogens (tertiary/aromatic N) is 2. The second kappa shape index (κ2) is 6.34. The average molecular weight is 217 g/mol. The van der Waals surface area contributed by atoms with Gasteiger partial charge in [-0.3, -0.25) is 0 Å². The van der Waals surface area contributed by atoms with Crippen LogP contribution in [0.15, 0.2) is 10.7 Å². The third-order valence-corrected chi connectivity index (χ3v) is 3.70. The van der Waals surface area contributed by atoms with E-state index in [1.165, 1.54) is 11.5 Å². The van der Waals surface area contributed by atoms with Crippen LogP contribution >= 0.6 is 23.3 Å². The van der Waals surface area contributed by atoms with Crippen molar-refractivity contribution in [3.63, 3.8) is 0 Å². The second-order valence-corrected chi connectivity index (χ2v) is 4.98. The molecule has 0 amide bonds. The summed E-state index contributed by atoms with van der Waals surface area (Å²) in [6, 6.07) is 0. The minimum atomic E-state index is 0.689. The fourth-order valence-corrected chi connectivity index (χ4v) is 2.38. The van der Waals surface area contributed by atoms with E-state index in [0.717, 1.165) is 23.2 Å². The van der Waals surface area contributed by atoms with Crippen molar-refractivity contribution in [3.8, 4) is 0 Å². The maximum absolute atomic E-state index is 4.12. The van der Waals surface area contributed by atoms with Gasteiger partial charge in [-0.15, -0.1) is 0 Å². The summed E-state index contributed by atoms with van der Waals surface area (Å²) in [5.41, 5.74) is 0. The van der Waals surface area contributed by atoms with Crippen LogP contribution < -0.4 is 5.32 Å². The van der Waals surface area contributed by atoms with Gasteiger partial charge in [0, 0.05) is 5.75 Å². The minimum Gasteiger partial charge on any atom is -0.317 e. The molecule has 0 aliphatic rings. The van der Waals surface area contributed by atoms with Gasteiger partial charge in [0.25, 0.3) is 0 Å². The molecule has 0 radical (unpaired) electrons. The fraction of sp³-hybridized carbons (Fsp3) is 0.750. The summed E-state index contributed by atoms with van der Waals surface area (Å²) in [5.74, 6) is 1.80. The first-order valence-electron chi connectivity index (χ1n) is 4.43. The molecule has 1 unspecified atom stereocenters. The second-order valence-electron chi connectivity index (χ2n) is 2.93. The highest BCUT2D eigenvalue weighted by Crippen LogP contribution is 2.20. The van der Waals surface area contributed by atoms with Crippen LogP contribution in [0.2, 0.25) is 0 Å². The monoisotopic (exact) mass is 217 g/mol. The lowest BCUT2D eigenvalue weighted by molar-refractivity contribution is 0.574. The molecule has 1 rings (SSSR count). The molecule has 0 spiro atoms. The average Bonchev–Trinajstić information content (AvgIpc) is 2.64. The van der Waals surface area contributed by atoms with Gasteiger partial charge in [-0.25, -0.2) is 4.98 Å². The highest BCUT2D eigenvalue weighted by molar-refractivity contribution is 8.00. The standard InChI is InChI=1S/C8H15N3S2/c1-3-9-4-7(2)5-12-8-10-6-11-13-8/h6-7,9H,3-5H2,1-2H3. The third kappa shape index (κ3) is 4.59. The minimum absolute atomic E-state index is 0.689. The molecule has 1 heterocycles. The zero-order chi connectivity index (χ0) is 9.52. The molecule has 0 fully saturated rings. The van der Waals surface area contributed by atoms with Gasteiger partial charge in [0.15, 0.2) is 4.34 Å². The van der Waals surface area contributed by atoms with Crippen molar-refractivity contribution in [2.75, 3.05) is 18.8 Å². The topological polar surface area (TPSA) is 37.8 Å². The number of thioether (sulfide) groups is 1. The highest BCUT2D eigenvalue weighted by Gasteiger charge is 2.03. The molecule has 0 saturated carbocycles. The lowest BCUT2D eigenvalue weighted by Gasteiger charge is -2.09. The molecule has 0 bridgehead atoms. The van der Waals surface area contributed by atoms with E-state index in [0.29, 0.717) is 5.92 Å². The number of rotatable bonds is 6. The van der Waals surface area contributed by atoms with E-state index in [1.807, 2.05) is 0 Å². The first-order chi connectivity index (χ1) is 6.33. The van der Waals surface area contributed by atoms with Gasteiger partial charge in [-0.1, -0.05) is 25.6 Å². The zero-order valence-electron chi connectivity index (χ0n) is 7.99. The molecule has 13 heavy (non-hydrogen) atoms. The Morgan fingerprint density at radius 3 is 3.15 bits per heavy atom. The lowest BCUT2D eigenvalue weighted by Crippen LogP contribution is -2.21. The molecule has 0 saturated heterocycles. The first-order valence-corrected chi connectivity index (χ1v) is 6.19. The van der Waals surface area contributed by atoms with Crippen molar-refractivity contribution in [2.24, 2.45) is 5.92 Å². The summed E-state index contributed by atoms with van der Waals surface area (Å²) in [6.07, 6.45) is 1.61. The van der Waals surface area contributed by atoms with Crippen molar-refractivity contribution < 1.29 is 0 Å². The van der Waals surface area contributed by atoms with Crippen LogP contribution in [0.4, 0.5) is 0 Å². The Morgan fingerprint density at radius 2 is 2.54 bits per heavy atom. The molecule has 1 N–H and O–H groups in total. The summed E-state index contributed by atoms with van der Waals surface area (Å²) >= 11 is 3.26. The first kappa shape index (κ1) is 10.9. The normalized spacial score (nSPS) is 13.1. The summed E-state index contributed by atoms with van der Waals surface area (Å²) in [7, 11) is 0. The van der Waals surface area contributed by atoms with E-state index in [1.54, 1.807) is 18.1 Å². The quantitative estimate of drug-likeness (QED) is 0.738. The molecule has 0 aliphatic heterocycles. The molecule has 0 aromatic carbocycles. The Hall–Kier alpha value is -0.130. The highest BCUT2D eigenvalue weighted by atomic mass is 32.2. The number of nitrogens with one attached hydrogen (secondary N) is 1. The Morgan fingerprint density at radius 1 is 1.69 bits per heavy atom. The molecule has 3 nitrogen and oxygen atoms in total. The van der Waals surface area contributed by atoms with Crippen molar-refractivity contribution in [1.82, 2.24) is 14.7 Å². The van der Waals surface area contributed by atoms with Gasteiger partial charge in [-0.05, 0) is 30.5 Å². The van der Waals surface area contributed by atoms with Crippen LogP contribution in [0, 0.1) is 5.92 Å². The number of hydrogen-bond acceptors (Lipinski definition) is 5. The van der Waals surface area contributed by atoms with Gasteiger partial charge < -0.3 is 5.32 Å². The SMILES string of the molecule is CCNCC(C)CSc1ncns1. The predicted octanol–water partition coefficient (Wildman–Crippen LogP) is 1.88. The summed E-state index contributed by atoms with van der Waals surface area (Å²) in [6.45, 7) is 6.51. The van der Waals surface area contributed by atoms with E-state index >= 15 is 0 Å². The number of aromatic nitrogens is 2. The van der Waals surface area contributed by atoms with Crippen molar-refractivity contribution in [3.05, 3.63) is 6.33 Å². The molecule has 5 heteroatoms. The smallest absolute Gasteiger partial charge is 0.169 e. The van der Waals surface area contributed by atoms with E-state index in [9.17, 15) is 0 Å². The Bertz CT molecular complexity index is 213. The van der Waals surface area contributed by atoms with E-state index < -0.39 is 0 Å². The molecule has 1 aromatic rings. The molecule has 0 aliphatic carbocycles. The lowest BCUT2D eigenvalue weighted by atomic mass is 10.2. The van der Waals surface area contributed by atoms with E-state index in [2.05, 4.69) is 28.5 Å². The summed E-state index contributed by atoms with van der Waals surface area (Å²) in [5, 5.41) is 3.33. The van der Waals surface area contributed by atoms with Crippen LogP contribution in [-0.4, -0.2) is 28.2 Å². The van der Waals surface area contributed by atoms with Crippen LogP contribution in [0.3, 0.4) is 0 Å². The van der Waals surface area contributed by atoms with Crippen LogP contribution in [0.1, 0.15) is 13.8 Å². The maximum atomic E-state index is 4.12. The summed E-state index contributed by atoms with van der Waals surface area (Å²) in [4.78, 5) is 4.12. The van der Waals surface area contributed by atoms with E-state index in [4.69, 9.17) is 0 Å². The van der Waals surface area contributed by atoms with Crippen molar-refractivity contribution in [1.29, 1.82) is 0 Å². The molecular weight excluding hydrogens is 202 g/mol. The predicted molar refractivity (Wildman–Crippen MR) is 58.3 cm³/mol. The Balaban J connectivity index is 2.11. The van der Waals surface area contributed by atoms with E-state index in [-0.39, 0.29) is 0 Å². The maximum Gasteiger partial charge on any atom is 0.169 e. The number of hydrogen-bond donors (Lipinski definition) is 1. The van der Waals surface area contributed by atoms with Crippen molar-refractivity contribution in [2.45, 2.75) is 18.2 Å². The Kier molecular flexibility index (Phi) is 5.34. The van der Waals surface area contributed by atoms with Gasteiger partial charge in [-0.2, -0.15) is 4.37 Å². The van der Waals surface area contributed by atoms with Gasteiger partial charge >= 0.3 is 0 Å². The van der Waals surface area contributed by atoms with Crippen molar-refractivity contribution >= 4 is 23.3 Å². The molecular formula is C8H15N3S2. The van der Waals surface area contributed by atoms with Crippen LogP contribution in [0.5, 0.6) is 0 Å². The molecule has 1 atom stereocenters. The Labute approximate surface area is 87.5 Å². The third-order valence-electron chi connectivity index (χ3n) is 1.58. The summed E-state index contributed by atoms with van der Waals surface area (Å²) < 4.78 is 5.03. The largest absolute Gasteiger partial charge is 0.317 e. The zero-order valence-corrected chi connectivity index (χ0v) is 9.62.